The molecule has 0 aromatic carbocycles. The molecule has 118 valence electrons. The third-order valence-corrected chi connectivity index (χ3v) is 4.39. The van der Waals surface area contributed by atoms with E-state index in [0.29, 0.717) is 10.8 Å². The Kier molecular flexibility index (Phi) is 25.0. The zero-order valence-electron chi connectivity index (χ0n) is 14.3. The molecule has 0 heterocycles. The summed E-state index contributed by atoms with van der Waals surface area (Å²) in [5.41, 5.74) is 1.12. The minimum absolute atomic E-state index is 0.542. The fourth-order valence-corrected chi connectivity index (χ4v) is 0.658. The minimum Gasteiger partial charge on any atom is -0.0649 e. The van der Waals surface area contributed by atoms with E-state index < -0.39 is 0 Å². The third-order valence-electron chi connectivity index (χ3n) is 4.39. The van der Waals surface area contributed by atoms with Crippen molar-refractivity contribution in [3.05, 3.63) is 0 Å². The molecule has 0 aromatic rings. The first-order valence-electron chi connectivity index (χ1n) is 6.96. The van der Waals surface area contributed by atoms with Gasteiger partial charge >= 0.3 is 0 Å². The molecule has 0 aliphatic rings. The molecule has 0 aromatic heterocycles. The standard InChI is InChI=1S/C8H18.C7H16.2S2/c1-6-8(4,5)7(2)3;1-5-7(3,4)6-2;2*1-2/h7H,6H2,1-5H3;5-6H2,1-4H3;;. The van der Waals surface area contributed by atoms with E-state index in [-0.39, 0.29) is 0 Å². The maximum Gasteiger partial charge on any atom is 0 e. The van der Waals surface area contributed by atoms with Crippen LogP contribution in [0.4, 0.5) is 0 Å². The summed E-state index contributed by atoms with van der Waals surface area (Å²) in [6.45, 7) is 20.5. The van der Waals surface area contributed by atoms with Crippen molar-refractivity contribution in [1.29, 1.82) is 0 Å². The van der Waals surface area contributed by atoms with Crippen LogP contribution in [0.1, 0.15) is 81.6 Å². The predicted octanol–water partition coefficient (Wildman–Crippen LogP) is 5.90. The first kappa shape index (κ1) is 28.1. The molecule has 0 fully saturated rings. The first-order valence-corrected chi connectivity index (χ1v) is 9.63. The SMILES string of the molecule is CCC(C)(C)C(C)C.CCC(C)(C)CC.S=S.S=S. The molecule has 19 heavy (non-hydrogen) atoms. The van der Waals surface area contributed by atoms with Crippen LogP contribution in [0.15, 0.2) is 0 Å². The van der Waals surface area contributed by atoms with Crippen LogP contribution in [0.25, 0.3) is 0 Å². The van der Waals surface area contributed by atoms with Crippen molar-refractivity contribution < 1.29 is 0 Å². The Labute approximate surface area is 142 Å². The van der Waals surface area contributed by atoms with Crippen molar-refractivity contribution in [2.45, 2.75) is 81.6 Å². The Morgan fingerprint density at radius 2 is 0.947 bits per heavy atom. The molecule has 0 saturated carbocycles. The van der Waals surface area contributed by atoms with Gasteiger partial charge in [-0.3, -0.25) is 0 Å². The van der Waals surface area contributed by atoms with Crippen molar-refractivity contribution >= 4 is 44.8 Å². The Bertz CT molecular complexity index is 169. The molecule has 0 spiro atoms. The molecule has 0 saturated heterocycles. The molecule has 0 rings (SSSR count). The van der Waals surface area contributed by atoms with Gasteiger partial charge in [0.2, 0.25) is 0 Å². The van der Waals surface area contributed by atoms with Gasteiger partial charge in [0.1, 0.15) is 0 Å². The van der Waals surface area contributed by atoms with E-state index >= 15 is 0 Å². The summed E-state index contributed by atoms with van der Waals surface area (Å²) in [5, 5.41) is 0. The van der Waals surface area contributed by atoms with Gasteiger partial charge in [0.25, 0.3) is 0 Å². The summed E-state index contributed by atoms with van der Waals surface area (Å²) < 4.78 is 0. The van der Waals surface area contributed by atoms with Gasteiger partial charge in [-0.25, -0.2) is 0 Å². The van der Waals surface area contributed by atoms with Gasteiger partial charge in [-0.2, -0.15) is 0 Å². The van der Waals surface area contributed by atoms with Crippen molar-refractivity contribution in [3.63, 3.8) is 0 Å². The zero-order chi connectivity index (χ0) is 16.7. The average molecular weight is 343 g/mol. The second kappa shape index (κ2) is 16.9. The van der Waals surface area contributed by atoms with Crippen LogP contribution in [-0.2, 0) is 44.8 Å². The Balaban J connectivity index is -0.0000000941. The van der Waals surface area contributed by atoms with E-state index in [4.69, 9.17) is 0 Å². The quantitative estimate of drug-likeness (QED) is 0.623. The highest BCUT2D eigenvalue weighted by atomic mass is 32.8. The van der Waals surface area contributed by atoms with Crippen LogP contribution in [0, 0.1) is 16.7 Å². The summed E-state index contributed by atoms with van der Waals surface area (Å²) in [4.78, 5) is 0. The lowest BCUT2D eigenvalue weighted by atomic mass is 9.79. The van der Waals surface area contributed by atoms with E-state index in [1.807, 2.05) is 0 Å². The molecule has 0 nitrogen and oxygen atoms in total. The molecular formula is C15H34S4. The molecule has 0 aliphatic heterocycles. The number of hydrogen-bond acceptors (Lipinski definition) is 4. The Hall–Kier alpha value is 0.880. The second-order valence-corrected chi connectivity index (χ2v) is 6.37. The molecule has 0 N–H and O–H groups in total. The van der Waals surface area contributed by atoms with E-state index in [1.54, 1.807) is 0 Å². The lowest BCUT2D eigenvalue weighted by Gasteiger charge is -2.27. The minimum atomic E-state index is 0.542. The van der Waals surface area contributed by atoms with E-state index in [1.165, 1.54) is 19.3 Å². The summed E-state index contributed by atoms with van der Waals surface area (Å²) in [6.07, 6.45) is 3.87. The van der Waals surface area contributed by atoms with Gasteiger partial charge in [-0.1, -0.05) is 81.6 Å². The maximum absolute atomic E-state index is 3.67. The van der Waals surface area contributed by atoms with Gasteiger partial charge in [0, 0.05) is 44.8 Å². The smallest absolute Gasteiger partial charge is 0 e. The Morgan fingerprint density at radius 1 is 0.684 bits per heavy atom. The van der Waals surface area contributed by atoms with E-state index in [2.05, 4.69) is 107 Å². The van der Waals surface area contributed by atoms with Crippen molar-refractivity contribution in [3.8, 4) is 0 Å². The van der Waals surface area contributed by atoms with Crippen LogP contribution in [0.3, 0.4) is 0 Å². The fraction of sp³-hybridized carbons (Fsp3) is 1.00. The first-order chi connectivity index (χ1) is 8.63. The Morgan fingerprint density at radius 3 is 0.947 bits per heavy atom. The normalized spacial score (nSPS) is 10.2. The van der Waals surface area contributed by atoms with Crippen molar-refractivity contribution in [2.75, 3.05) is 0 Å². The average Bonchev–Trinajstić information content (AvgIpc) is 2.43. The van der Waals surface area contributed by atoms with E-state index in [0.717, 1.165) is 5.92 Å². The predicted molar refractivity (Wildman–Crippen MR) is 103 cm³/mol. The zero-order valence-corrected chi connectivity index (χ0v) is 17.6. The van der Waals surface area contributed by atoms with Crippen LogP contribution < -0.4 is 0 Å². The summed E-state index contributed by atoms with van der Waals surface area (Å²) in [7, 11) is 0. The second-order valence-electron chi connectivity index (χ2n) is 6.37. The molecule has 0 radical (unpaired) electrons. The molecular weight excluding hydrogens is 308 g/mol. The monoisotopic (exact) mass is 342 g/mol. The van der Waals surface area contributed by atoms with Gasteiger partial charge < -0.3 is 0 Å². The van der Waals surface area contributed by atoms with Gasteiger partial charge in [-0.15, -0.1) is 0 Å². The molecule has 0 bridgehead atoms. The lowest BCUT2D eigenvalue weighted by Crippen LogP contribution is -2.17. The third kappa shape index (κ3) is 21.3. The summed E-state index contributed by atoms with van der Waals surface area (Å²) >= 11 is 14.7. The summed E-state index contributed by atoms with van der Waals surface area (Å²) in [5.74, 6) is 0.812. The van der Waals surface area contributed by atoms with Crippen LogP contribution >= 0.6 is 0 Å². The highest BCUT2D eigenvalue weighted by Crippen LogP contribution is 2.28. The van der Waals surface area contributed by atoms with Crippen LogP contribution in [0.5, 0.6) is 0 Å². The maximum atomic E-state index is 3.67. The fourth-order valence-electron chi connectivity index (χ4n) is 0.658. The molecule has 0 unspecified atom stereocenters. The van der Waals surface area contributed by atoms with Crippen molar-refractivity contribution in [2.24, 2.45) is 16.7 Å². The molecule has 0 aliphatic carbocycles. The largest absolute Gasteiger partial charge is 0.0649 e. The summed E-state index contributed by atoms with van der Waals surface area (Å²) in [6, 6.07) is 0. The molecule has 0 amide bonds. The highest BCUT2D eigenvalue weighted by Gasteiger charge is 2.18. The number of hydrogen-bond donors (Lipinski definition) is 0. The van der Waals surface area contributed by atoms with Crippen LogP contribution in [0.2, 0.25) is 0 Å². The highest BCUT2D eigenvalue weighted by molar-refractivity contribution is 8.07. The van der Waals surface area contributed by atoms with Crippen LogP contribution in [-0.4, -0.2) is 0 Å². The van der Waals surface area contributed by atoms with Gasteiger partial charge in [0.05, 0.1) is 0 Å². The molecule has 0 atom stereocenters. The van der Waals surface area contributed by atoms with E-state index in [9.17, 15) is 0 Å². The van der Waals surface area contributed by atoms with Gasteiger partial charge in [-0.05, 0) is 16.7 Å². The molecule has 4 heteroatoms. The van der Waals surface area contributed by atoms with Crippen molar-refractivity contribution in [1.82, 2.24) is 0 Å². The number of rotatable bonds is 4. The lowest BCUT2D eigenvalue weighted by molar-refractivity contribution is 0.240. The topological polar surface area (TPSA) is 0 Å². The van der Waals surface area contributed by atoms with Gasteiger partial charge in [0.15, 0.2) is 0 Å².